The van der Waals surface area contributed by atoms with Crippen LogP contribution in [-0.4, -0.2) is 15.9 Å². The van der Waals surface area contributed by atoms with Gasteiger partial charge in [0.05, 0.1) is 11.1 Å². The van der Waals surface area contributed by atoms with Crippen molar-refractivity contribution in [2.75, 3.05) is 11.1 Å². The third-order valence-electron chi connectivity index (χ3n) is 4.56. The van der Waals surface area contributed by atoms with Crippen LogP contribution in [0.4, 0.5) is 24.8 Å². The largest absolute Gasteiger partial charge is 0.416 e. The number of fused-ring (bicyclic) bond motifs is 1. The second-order valence-corrected chi connectivity index (χ2v) is 7.20. The number of aromatic nitrogens is 2. The number of halogens is 4. The molecule has 3 aromatic carbocycles. The van der Waals surface area contributed by atoms with Gasteiger partial charge in [0, 0.05) is 27.9 Å². The summed E-state index contributed by atoms with van der Waals surface area (Å²) in [4.78, 5) is 20.8. The summed E-state index contributed by atoms with van der Waals surface area (Å²) < 4.78 is 38.1. The Balaban J connectivity index is 1.61. The molecule has 0 spiro atoms. The number of nitrogens with zero attached hydrogens (tertiary/aromatic N) is 2. The van der Waals surface area contributed by atoms with Crippen molar-refractivity contribution in [3.63, 3.8) is 0 Å². The van der Waals surface area contributed by atoms with Gasteiger partial charge in [-0.25, -0.2) is 9.97 Å². The lowest BCUT2D eigenvalue weighted by Gasteiger charge is -2.11. The van der Waals surface area contributed by atoms with E-state index in [9.17, 15) is 18.0 Å². The predicted octanol–water partition coefficient (Wildman–Crippen LogP) is 5.80. The maximum absolute atomic E-state index is 12.7. The molecule has 1 aromatic heterocycles. The van der Waals surface area contributed by atoms with E-state index in [1.165, 1.54) is 18.2 Å². The summed E-state index contributed by atoms with van der Waals surface area (Å²) >= 11 is 6.21. The molecule has 0 aliphatic carbocycles. The molecule has 0 fully saturated rings. The minimum absolute atomic E-state index is 0.172. The summed E-state index contributed by atoms with van der Waals surface area (Å²) in [6, 6.07) is 14.5. The first-order valence-corrected chi connectivity index (χ1v) is 9.39. The van der Waals surface area contributed by atoms with Crippen LogP contribution in [0.1, 0.15) is 15.9 Å². The Kier molecular flexibility index (Phi) is 5.24. The molecule has 0 bridgehead atoms. The SMILES string of the molecule is Nc1ncc2cc(-c3cc(Cl)cc(C(=O)Nc4ccc(C(F)(F)F)cc4)c3)ccc2n1. The monoisotopic (exact) mass is 442 g/mol. The quantitative estimate of drug-likeness (QED) is 0.420. The van der Waals surface area contributed by atoms with Gasteiger partial charge < -0.3 is 11.1 Å². The van der Waals surface area contributed by atoms with Crippen molar-refractivity contribution >= 4 is 40.0 Å². The zero-order valence-electron chi connectivity index (χ0n) is 15.7. The molecule has 0 radical (unpaired) electrons. The van der Waals surface area contributed by atoms with Crippen molar-refractivity contribution in [3.05, 3.63) is 83.0 Å². The molecular weight excluding hydrogens is 429 g/mol. The van der Waals surface area contributed by atoms with Gasteiger partial charge in [-0.2, -0.15) is 13.2 Å². The summed E-state index contributed by atoms with van der Waals surface area (Å²) in [5.41, 5.74) is 7.45. The molecule has 9 heteroatoms. The third kappa shape index (κ3) is 4.59. The number of alkyl halides is 3. The standard InChI is InChI=1S/C22H14ClF3N4O/c23-17-9-13(12-1-6-19-15(7-12)11-28-21(27)30-19)8-14(10-17)20(31)29-18-4-2-16(3-5-18)22(24,25)26/h1-11H,(H,29,31)(H2,27,28,30). The van der Waals surface area contributed by atoms with E-state index in [2.05, 4.69) is 15.3 Å². The van der Waals surface area contributed by atoms with Gasteiger partial charge in [0.2, 0.25) is 5.95 Å². The van der Waals surface area contributed by atoms with E-state index in [1.807, 2.05) is 12.1 Å². The minimum Gasteiger partial charge on any atom is -0.368 e. The molecule has 156 valence electrons. The number of anilines is 2. The number of carbonyl (C=O) groups is 1. The molecule has 0 saturated carbocycles. The number of hydrogen-bond acceptors (Lipinski definition) is 4. The van der Waals surface area contributed by atoms with Gasteiger partial charge in [0.1, 0.15) is 0 Å². The summed E-state index contributed by atoms with van der Waals surface area (Å²) in [6.07, 6.45) is -2.84. The number of amides is 1. The Hall–Kier alpha value is -3.65. The van der Waals surface area contributed by atoms with Crippen molar-refractivity contribution in [2.24, 2.45) is 0 Å². The molecule has 0 aliphatic rings. The van der Waals surface area contributed by atoms with Crippen LogP contribution >= 0.6 is 11.6 Å². The molecular formula is C22H14ClF3N4O. The van der Waals surface area contributed by atoms with Crippen molar-refractivity contribution in [2.45, 2.75) is 6.18 Å². The minimum atomic E-state index is -4.44. The van der Waals surface area contributed by atoms with Crippen molar-refractivity contribution in [1.29, 1.82) is 0 Å². The van der Waals surface area contributed by atoms with Crippen LogP contribution in [0.2, 0.25) is 5.02 Å². The van der Waals surface area contributed by atoms with E-state index in [-0.39, 0.29) is 17.2 Å². The molecule has 4 rings (SSSR count). The summed E-state index contributed by atoms with van der Waals surface area (Å²) in [5.74, 6) is -0.328. The van der Waals surface area contributed by atoms with Crippen LogP contribution in [0.5, 0.6) is 0 Å². The first-order chi connectivity index (χ1) is 14.7. The normalized spacial score (nSPS) is 11.5. The Labute approximate surface area is 179 Å². The Morgan fingerprint density at radius 2 is 1.71 bits per heavy atom. The first kappa shape index (κ1) is 20.6. The van der Waals surface area contributed by atoms with Crippen LogP contribution in [-0.2, 0) is 6.18 Å². The number of nitrogens with two attached hydrogens (primary N) is 1. The first-order valence-electron chi connectivity index (χ1n) is 9.01. The van der Waals surface area contributed by atoms with Gasteiger partial charge in [0.25, 0.3) is 5.91 Å². The van der Waals surface area contributed by atoms with E-state index in [0.717, 1.165) is 23.1 Å². The van der Waals surface area contributed by atoms with Crippen LogP contribution in [0.3, 0.4) is 0 Å². The van der Waals surface area contributed by atoms with Crippen LogP contribution in [0.25, 0.3) is 22.0 Å². The molecule has 4 aromatic rings. The van der Waals surface area contributed by atoms with Crippen LogP contribution < -0.4 is 11.1 Å². The van der Waals surface area contributed by atoms with Crippen molar-refractivity contribution in [1.82, 2.24) is 9.97 Å². The number of nitrogens with one attached hydrogen (secondary N) is 1. The molecule has 3 N–H and O–H groups in total. The Morgan fingerprint density at radius 1 is 0.968 bits per heavy atom. The Morgan fingerprint density at radius 3 is 2.42 bits per heavy atom. The van der Waals surface area contributed by atoms with E-state index in [4.69, 9.17) is 17.3 Å². The fraction of sp³-hybridized carbons (Fsp3) is 0.0455. The molecule has 1 amide bonds. The topological polar surface area (TPSA) is 80.9 Å². The number of hydrogen-bond donors (Lipinski definition) is 2. The third-order valence-corrected chi connectivity index (χ3v) is 4.78. The fourth-order valence-electron chi connectivity index (χ4n) is 3.06. The van der Waals surface area contributed by atoms with Gasteiger partial charge >= 0.3 is 6.18 Å². The summed E-state index contributed by atoms with van der Waals surface area (Å²) in [7, 11) is 0. The number of rotatable bonds is 3. The average molecular weight is 443 g/mol. The highest BCUT2D eigenvalue weighted by molar-refractivity contribution is 6.31. The van der Waals surface area contributed by atoms with Gasteiger partial charge in [-0.15, -0.1) is 0 Å². The highest BCUT2D eigenvalue weighted by Crippen LogP contribution is 2.31. The lowest BCUT2D eigenvalue weighted by Crippen LogP contribution is -2.12. The second kappa shape index (κ2) is 7.88. The van der Waals surface area contributed by atoms with E-state index >= 15 is 0 Å². The lowest BCUT2D eigenvalue weighted by atomic mass is 10.0. The Bertz CT molecular complexity index is 1290. The molecule has 5 nitrogen and oxygen atoms in total. The molecule has 0 unspecified atom stereocenters. The van der Waals surface area contributed by atoms with E-state index in [1.54, 1.807) is 24.4 Å². The zero-order chi connectivity index (χ0) is 22.2. The fourth-order valence-corrected chi connectivity index (χ4v) is 3.30. The number of benzene rings is 3. The van der Waals surface area contributed by atoms with Gasteiger partial charge in [-0.1, -0.05) is 17.7 Å². The molecule has 1 heterocycles. The van der Waals surface area contributed by atoms with Crippen LogP contribution in [0, 0.1) is 0 Å². The van der Waals surface area contributed by atoms with E-state index in [0.29, 0.717) is 16.1 Å². The molecule has 31 heavy (non-hydrogen) atoms. The highest BCUT2D eigenvalue weighted by atomic mass is 35.5. The van der Waals surface area contributed by atoms with Crippen molar-refractivity contribution < 1.29 is 18.0 Å². The van der Waals surface area contributed by atoms with Gasteiger partial charge in [-0.3, -0.25) is 4.79 Å². The average Bonchev–Trinajstić information content (AvgIpc) is 2.72. The molecule has 0 saturated heterocycles. The van der Waals surface area contributed by atoms with Gasteiger partial charge in [-0.05, 0) is 65.7 Å². The zero-order valence-corrected chi connectivity index (χ0v) is 16.5. The maximum atomic E-state index is 12.7. The number of nitrogen functional groups attached to an aromatic ring is 1. The number of carbonyl (C=O) groups excluding carboxylic acids is 1. The van der Waals surface area contributed by atoms with Gasteiger partial charge in [0.15, 0.2) is 0 Å². The molecule has 0 atom stereocenters. The highest BCUT2D eigenvalue weighted by Gasteiger charge is 2.30. The maximum Gasteiger partial charge on any atom is 0.416 e. The smallest absolute Gasteiger partial charge is 0.368 e. The van der Waals surface area contributed by atoms with Crippen LogP contribution in [0.15, 0.2) is 66.9 Å². The van der Waals surface area contributed by atoms with Crippen molar-refractivity contribution in [3.8, 4) is 11.1 Å². The van der Waals surface area contributed by atoms with E-state index < -0.39 is 17.6 Å². The lowest BCUT2D eigenvalue weighted by molar-refractivity contribution is -0.137. The summed E-state index contributed by atoms with van der Waals surface area (Å²) in [6.45, 7) is 0. The predicted molar refractivity (Wildman–Crippen MR) is 114 cm³/mol. The summed E-state index contributed by atoms with van der Waals surface area (Å²) in [5, 5.41) is 3.68. The second-order valence-electron chi connectivity index (χ2n) is 6.76. The molecule has 0 aliphatic heterocycles.